The number of thioether (sulfide) groups is 1. The van der Waals surface area contributed by atoms with Gasteiger partial charge in [0.05, 0.1) is 18.4 Å². The smallest absolute Gasteiger partial charge is 0.280 e. The Labute approximate surface area is 190 Å². The zero-order valence-corrected chi connectivity index (χ0v) is 18.2. The van der Waals surface area contributed by atoms with Crippen LogP contribution in [0.3, 0.4) is 0 Å². The second-order valence-electron chi connectivity index (χ2n) is 7.22. The molecule has 0 aromatic heterocycles. The number of hydrogen-bond donors (Lipinski definition) is 2. The predicted molar refractivity (Wildman–Crippen MR) is 125 cm³/mol. The third-order valence-corrected chi connectivity index (χ3v) is 6.18. The van der Waals surface area contributed by atoms with Gasteiger partial charge in [-0.1, -0.05) is 66.4 Å². The summed E-state index contributed by atoms with van der Waals surface area (Å²) in [6, 6.07) is 23.4. The Balaban J connectivity index is 1.61. The molecule has 4 rings (SSSR count). The summed E-state index contributed by atoms with van der Waals surface area (Å²) in [5, 5.41) is 10.7. The lowest BCUT2D eigenvalue weighted by atomic mass is 10.1. The fraction of sp³-hybridized carbons (Fsp3) is 0.120. The van der Waals surface area contributed by atoms with Crippen LogP contribution in [0.4, 0.5) is 0 Å². The Morgan fingerprint density at radius 3 is 2.53 bits per heavy atom. The van der Waals surface area contributed by atoms with Gasteiger partial charge in [-0.05, 0) is 47.0 Å². The van der Waals surface area contributed by atoms with Crippen molar-refractivity contribution in [3.05, 3.63) is 100 Å². The molecule has 0 saturated carbocycles. The third kappa shape index (κ3) is 4.95. The van der Waals surface area contributed by atoms with Crippen LogP contribution < -0.4 is 10.2 Å². The minimum absolute atomic E-state index is 0.120. The Kier molecular flexibility index (Phi) is 6.47. The summed E-state index contributed by atoms with van der Waals surface area (Å²) in [6.07, 6.45) is 1.88. The molecular weight excluding hydrogens is 424 g/mol. The summed E-state index contributed by atoms with van der Waals surface area (Å²) in [6.45, 7) is 0. The molecule has 6 nitrogen and oxygen atoms in total. The Morgan fingerprint density at radius 1 is 1.09 bits per heavy atom. The van der Waals surface area contributed by atoms with Gasteiger partial charge in [-0.3, -0.25) is 15.0 Å². The van der Waals surface area contributed by atoms with Crippen molar-refractivity contribution >= 4 is 29.7 Å². The van der Waals surface area contributed by atoms with Gasteiger partial charge in [0.2, 0.25) is 5.91 Å². The molecular formula is C25H22N2O4S. The molecule has 1 saturated heterocycles. The van der Waals surface area contributed by atoms with E-state index in [2.05, 4.69) is 5.43 Å². The summed E-state index contributed by atoms with van der Waals surface area (Å²) >= 11 is 1.34. The van der Waals surface area contributed by atoms with Gasteiger partial charge >= 0.3 is 0 Å². The van der Waals surface area contributed by atoms with E-state index >= 15 is 0 Å². The molecule has 0 unspecified atom stereocenters. The standard InChI is InChI=1S/C25H22N2O4S/c1-31-21-12-10-19(11-13-21)25-27(26-23(29)16-17-6-3-2-4-7-17)24(30)22(32-25)15-18-8-5-9-20(28)14-18/h2-15,25,28H,16H2,1H3,(H,26,29)/b22-15+/t25-/m0/s1. The number of phenols is 1. The van der Waals surface area contributed by atoms with Crippen molar-refractivity contribution in [3.63, 3.8) is 0 Å². The van der Waals surface area contributed by atoms with Crippen molar-refractivity contribution in [1.82, 2.24) is 10.4 Å². The number of hydrazine groups is 1. The average molecular weight is 447 g/mol. The van der Waals surface area contributed by atoms with Crippen LogP contribution in [0.15, 0.2) is 83.8 Å². The van der Waals surface area contributed by atoms with Crippen molar-refractivity contribution in [1.29, 1.82) is 0 Å². The number of nitrogens with zero attached hydrogens (tertiary/aromatic N) is 1. The number of benzene rings is 3. The van der Waals surface area contributed by atoms with Gasteiger partial charge in [-0.25, -0.2) is 5.01 Å². The van der Waals surface area contributed by atoms with Crippen molar-refractivity contribution in [2.45, 2.75) is 11.8 Å². The number of amides is 2. The zero-order chi connectivity index (χ0) is 22.5. The Hall–Kier alpha value is -3.71. The molecule has 3 aromatic rings. The van der Waals surface area contributed by atoms with Gasteiger partial charge in [0, 0.05) is 0 Å². The summed E-state index contributed by atoms with van der Waals surface area (Å²) in [5.74, 6) is 0.246. The molecule has 3 aromatic carbocycles. The number of hydrogen-bond acceptors (Lipinski definition) is 5. The highest BCUT2D eigenvalue weighted by Gasteiger charge is 2.38. The summed E-state index contributed by atoms with van der Waals surface area (Å²) in [4.78, 5) is 26.4. The summed E-state index contributed by atoms with van der Waals surface area (Å²) in [7, 11) is 1.59. The first kappa shape index (κ1) is 21.5. The quantitative estimate of drug-likeness (QED) is 0.553. The van der Waals surface area contributed by atoms with Crippen molar-refractivity contribution in [2.75, 3.05) is 7.11 Å². The van der Waals surface area contributed by atoms with E-state index in [1.165, 1.54) is 16.8 Å². The number of rotatable bonds is 6. The van der Waals surface area contributed by atoms with Crippen LogP contribution in [0.25, 0.3) is 6.08 Å². The minimum atomic E-state index is -0.434. The molecule has 1 fully saturated rings. The van der Waals surface area contributed by atoms with Crippen molar-refractivity contribution in [3.8, 4) is 11.5 Å². The topological polar surface area (TPSA) is 78.9 Å². The molecule has 1 aliphatic heterocycles. The van der Waals surface area contributed by atoms with Crippen molar-refractivity contribution < 1.29 is 19.4 Å². The molecule has 1 heterocycles. The maximum absolute atomic E-state index is 13.2. The number of carbonyl (C=O) groups is 2. The highest BCUT2D eigenvalue weighted by Crippen LogP contribution is 2.45. The van der Waals surface area contributed by atoms with Crippen LogP contribution in [0, 0.1) is 0 Å². The largest absolute Gasteiger partial charge is 0.508 e. The van der Waals surface area contributed by atoms with E-state index in [1.807, 2.05) is 54.6 Å². The zero-order valence-electron chi connectivity index (χ0n) is 17.4. The maximum atomic E-state index is 13.2. The predicted octanol–water partition coefficient (Wildman–Crippen LogP) is 4.29. The van der Waals surface area contributed by atoms with E-state index in [4.69, 9.17) is 4.74 Å². The number of methoxy groups -OCH3 is 1. The van der Waals surface area contributed by atoms with Crippen LogP contribution in [-0.2, 0) is 16.0 Å². The maximum Gasteiger partial charge on any atom is 0.280 e. The summed E-state index contributed by atoms with van der Waals surface area (Å²) in [5.41, 5.74) is 5.20. The summed E-state index contributed by atoms with van der Waals surface area (Å²) < 4.78 is 5.23. The normalized spacial score (nSPS) is 16.9. The van der Waals surface area contributed by atoms with E-state index < -0.39 is 5.37 Å². The molecule has 7 heteroatoms. The van der Waals surface area contributed by atoms with Gasteiger partial charge in [-0.15, -0.1) is 0 Å². The average Bonchev–Trinajstić information content (AvgIpc) is 3.09. The van der Waals surface area contributed by atoms with Gasteiger partial charge in [0.1, 0.15) is 16.9 Å². The molecule has 1 aliphatic rings. The number of carbonyl (C=O) groups excluding carboxylic acids is 2. The number of aromatic hydroxyl groups is 1. The Morgan fingerprint density at radius 2 is 1.84 bits per heavy atom. The van der Waals surface area contributed by atoms with Crippen LogP contribution >= 0.6 is 11.8 Å². The van der Waals surface area contributed by atoms with Gasteiger partial charge in [0.15, 0.2) is 0 Å². The SMILES string of the molecule is COc1ccc([C@@H]2S/C(=C/c3cccc(O)c3)C(=O)N2NC(=O)Cc2ccccc2)cc1. The van der Waals surface area contributed by atoms with Crippen LogP contribution in [0.1, 0.15) is 22.1 Å². The second-order valence-corrected chi connectivity index (χ2v) is 8.34. The Bertz CT molecular complexity index is 1150. The first-order valence-electron chi connectivity index (χ1n) is 10.0. The monoisotopic (exact) mass is 446 g/mol. The number of ether oxygens (including phenoxy) is 1. The molecule has 2 amide bonds. The van der Waals surface area contributed by atoms with Crippen LogP contribution in [-0.4, -0.2) is 29.0 Å². The second kappa shape index (κ2) is 9.62. The molecule has 0 aliphatic carbocycles. The van der Waals surface area contributed by atoms with Gasteiger partial charge in [-0.2, -0.15) is 0 Å². The van der Waals surface area contributed by atoms with Crippen molar-refractivity contribution in [2.24, 2.45) is 0 Å². The number of nitrogens with one attached hydrogen (secondary N) is 1. The van der Waals surface area contributed by atoms with Gasteiger partial charge in [0.25, 0.3) is 5.91 Å². The molecule has 162 valence electrons. The molecule has 32 heavy (non-hydrogen) atoms. The highest BCUT2D eigenvalue weighted by atomic mass is 32.2. The first-order chi connectivity index (χ1) is 15.5. The molecule has 2 N–H and O–H groups in total. The molecule has 0 spiro atoms. The van der Waals surface area contributed by atoms with E-state index in [9.17, 15) is 14.7 Å². The lowest BCUT2D eigenvalue weighted by molar-refractivity contribution is -0.137. The van der Waals surface area contributed by atoms with E-state index in [-0.39, 0.29) is 24.0 Å². The van der Waals surface area contributed by atoms with E-state index in [0.717, 1.165) is 11.1 Å². The molecule has 1 atom stereocenters. The lowest BCUT2D eigenvalue weighted by Crippen LogP contribution is -2.44. The van der Waals surface area contributed by atoms with Crippen LogP contribution in [0.5, 0.6) is 11.5 Å². The fourth-order valence-corrected chi connectivity index (χ4v) is 4.55. The van der Waals surface area contributed by atoms with E-state index in [1.54, 1.807) is 37.5 Å². The molecule has 0 bridgehead atoms. The lowest BCUT2D eigenvalue weighted by Gasteiger charge is -2.24. The molecule has 0 radical (unpaired) electrons. The minimum Gasteiger partial charge on any atom is -0.508 e. The van der Waals surface area contributed by atoms with E-state index in [0.29, 0.717) is 16.2 Å². The first-order valence-corrected chi connectivity index (χ1v) is 10.9. The fourth-order valence-electron chi connectivity index (χ4n) is 3.36. The third-order valence-electron chi connectivity index (χ3n) is 4.92. The highest BCUT2D eigenvalue weighted by molar-refractivity contribution is 8.04. The number of phenolic OH excluding ortho intramolecular Hbond substituents is 1. The van der Waals surface area contributed by atoms with Crippen LogP contribution in [0.2, 0.25) is 0 Å². The van der Waals surface area contributed by atoms with Gasteiger partial charge < -0.3 is 9.84 Å².